The summed E-state index contributed by atoms with van der Waals surface area (Å²) in [4.78, 5) is 14.4. The zero-order valence-corrected chi connectivity index (χ0v) is 15.4. The molecule has 0 saturated carbocycles. The lowest BCUT2D eigenvalue weighted by Gasteiger charge is -2.30. The number of thioether (sulfide) groups is 1. The summed E-state index contributed by atoms with van der Waals surface area (Å²) in [5.74, 6) is 1.77. The summed E-state index contributed by atoms with van der Waals surface area (Å²) in [6.07, 6.45) is 2.28. The van der Waals surface area contributed by atoms with E-state index in [-0.39, 0.29) is 5.91 Å². The van der Waals surface area contributed by atoms with Crippen molar-refractivity contribution in [2.75, 3.05) is 25.4 Å². The molecule has 2 aromatic rings. The quantitative estimate of drug-likeness (QED) is 0.736. The minimum absolute atomic E-state index is 0.143. The van der Waals surface area contributed by atoms with Gasteiger partial charge < -0.3 is 9.64 Å². The Labute approximate surface area is 151 Å². The lowest BCUT2D eigenvalue weighted by atomic mass is 10.0. The standard InChI is InChI=1S/C17H23N5O2S/c1-3-24-15-9-5-4-8-14(15)22-17(18-19-20-22)25-12-16(23)21-10-6-7-13(2)11-21/h4-5,8-9,13H,3,6-7,10-12H2,1-2H3. The first-order valence-electron chi connectivity index (χ1n) is 8.60. The molecule has 1 amide bonds. The number of likely N-dealkylation sites (tertiary alicyclic amines) is 1. The van der Waals surface area contributed by atoms with Crippen LogP contribution in [0.15, 0.2) is 29.4 Å². The van der Waals surface area contributed by atoms with Gasteiger partial charge >= 0.3 is 0 Å². The van der Waals surface area contributed by atoms with Crippen LogP contribution in [0.2, 0.25) is 0 Å². The van der Waals surface area contributed by atoms with E-state index >= 15 is 0 Å². The Morgan fingerprint density at radius 1 is 1.40 bits per heavy atom. The van der Waals surface area contributed by atoms with Gasteiger partial charge in [0.25, 0.3) is 0 Å². The molecular weight excluding hydrogens is 338 g/mol. The number of carbonyl (C=O) groups excluding carboxylic acids is 1. The average molecular weight is 361 g/mol. The molecule has 1 aromatic carbocycles. The van der Waals surface area contributed by atoms with Crippen LogP contribution in [-0.2, 0) is 4.79 Å². The number of ether oxygens (including phenoxy) is 1. The van der Waals surface area contributed by atoms with E-state index in [0.717, 1.165) is 30.9 Å². The maximum absolute atomic E-state index is 12.5. The number of benzene rings is 1. The van der Waals surface area contributed by atoms with E-state index in [0.29, 0.717) is 23.4 Å². The highest BCUT2D eigenvalue weighted by Crippen LogP contribution is 2.26. The topological polar surface area (TPSA) is 73.1 Å². The van der Waals surface area contributed by atoms with Crippen LogP contribution in [0.5, 0.6) is 5.75 Å². The third-order valence-electron chi connectivity index (χ3n) is 4.17. The number of piperidine rings is 1. The highest BCUT2D eigenvalue weighted by Gasteiger charge is 2.22. The molecule has 1 aliphatic rings. The second kappa shape index (κ2) is 8.33. The molecule has 1 unspecified atom stereocenters. The molecule has 1 atom stereocenters. The van der Waals surface area contributed by atoms with Gasteiger partial charge in [-0.2, -0.15) is 4.68 Å². The van der Waals surface area contributed by atoms with Crippen LogP contribution in [0.4, 0.5) is 0 Å². The zero-order valence-electron chi connectivity index (χ0n) is 14.6. The Kier molecular flexibility index (Phi) is 5.91. The number of para-hydroxylation sites is 2. The van der Waals surface area contributed by atoms with E-state index in [1.165, 1.54) is 18.2 Å². The third kappa shape index (κ3) is 4.31. The molecule has 1 aliphatic heterocycles. The molecule has 3 rings (SSSR count). The molecule has 0 N–H and O–H groups in total. The van der Waals surface area contributed by atoms with Gasteiger partial charge in [-0.1, -0.05) is 30.8 Å². The highest BCUT2D eigenvalue weighted by molar-refractivity contribution is 7.99. The van der Waals surface area contributed by atoms with Gasteiger partial charge in [0.2, 0.25) is 11.1 Å². The summed E-state index contributed by atoms with van der Waals surface area (Å²) >= 11 is 1.36. The van der Waals surface area contributed by atoms with Crippen molar-refractivity contribution in [1.82, 2.24) is 25.1 Å². The first-order chi connectivity index (χ1) is 12.2. The number of rotatable bonds is 6. The van der Waals surface area contributed by atoms with Crippen molar-refractivity contribution in [2.24, 2.45) is 5.92 Å². The van der Waals surface area contributed by atoms with Gasteiger partial charge in [0.1, 0.15) is 11.4 Å². The number of amides is 1. The number of tetrazole rings is 1. The van der Waals surface area contributed by atoms with Crippen LogP contribution < -0.4 is 4.74 Å². The molecule has 0 radical (unpaired) electrons. The highest BCUT2D eigenvalue weighted by atomic mass is 32.2. The number of aromatic nitrogens is 4. The van der Waals surface area contributed by atoms with E-state index in [2.05, 4.69) is 22.4 Å². The minimum Gasteiger partial charge on any atom is -0.492 e. The smallest absolute Gasteiger partial charge is 0.233 e. The van der Waals surface area contributed by atoms with E-state index in [9.17, 15) is 4.79 Å². The maximum Gasteiger partial charge on any atom is 0.233 e. The molecule has 0 spiro atoms. The summed E-state index contributed by atoms with van der Waals surface area (Å²) in [5, 5.41) is 12.5. The SMILES string of the molecule is CCOc1ccccc1-n1nnnc1SCC(=O)N1CCCC(C)C1. The van der Waals surface area contributed by atoms with Crippen LogP contribution >= 0.6 is 11.8 Å². The van der Waals surface area contributed by atoms with Gasteiger partial charge in [-0.05, 0) is 48.2 Å². The van der Waals surface area contributed by atoms with Gasteiger partial charge in [-0.3, -0.25) is 4.79 Å². The third-order valence-corrected chi connectivity index (χ3v) is 5.07. The van der Waals surface area contributed by atoms with Crippen molar-refractivity contribution in [3.05, 3.63) is 24.3 Å². The molecule has 7 nitrogen and oxygen atoms in total. The largest absolute Gasteiger partial charge is 0.492 e. The summed E-state index contributed by atoms with van der Waals surface area (Å²) in [5.41, 5.74) is 0.774. The van der Waals surface area contributed by atoms with Gasteiger partial charge in [-0.25, -0.2) is 0 Å². The molecule has 134 valence electrons. The number of nitrogens with zero attached hydrogens (tertiary/aromatic N) is 5. The summed E-state index contributed by atoms with van der Waals surface area (Å²) in [6, 6.07) is 7.61. The average Bonchev–Trinajstić information content (AvgIpc) is 3.09. The Hall–Kier alpha value is -2.09. The number of hydrogen-bond acceptors (Lipinski definition) is 6. The first kappa shape index (κ1) is 17.7. The van der Waals surface area contributed by atoms with Gasteiger partial charge in [0.05, 0.1) is 12.4 Å². The normalized spacial score (nSPS) is 17.5. The summed E-state index contributed by atoms with van der Waals surface area (Å²) in [6.45, 7) is 6.38. The van der Waals surface area contributed by atoms with Crippen LogP contribution in [0, 0.1) is 5.92 Å². The van der Waals surface area contributed by atoms with E-state index in [4.69, 9.17) is 4.74 Å². The van der Waals surface area contributed by atoms with E-state index in [1.54, 1.807) is 4.68 Å². The van der Waals surface area contributed by atoms with Crippen molar-refractivity contribution < 1.29 is 9.53 Å². The predicted octanol–water partition coefficient (Wildman–Crippen LogP) is 2.41. The molecule has 25 heavy (non-hydrogen) atoms. The van der Waals surface area contributed by atoms with Crippen LogP contribution in [-0.4, -0.2) is 56.5 Å². The molecule has 2 heterocycles. The van der Waals surface area contributed by atoms with Crippen molar-refractivity contribution in [3.63, 3.8) is 0 Å². The molecule has 1 saturated heterocycles. The maximum atomic E-state index is 12.5. The molecule has 0 aliphatic carbocycles. The monoisotopic (exact) mass is 361 g/mol. The Morgan fingerprint density at radius 2 is 2.24 bits per heavy atom. The zero-order chi connectivity index (χ0) is 17.6. The van der Waals surface area contributed by atoms with E-state index in [1.807, 2.05) is 36.1 Å². The van der Waals surface area contributed by atoms with Crippen molar-refractivity contribution >= 4 is 17.7 Å². The fraction of sp³-hybridized carbons (Fsp3) is 0.529. The van der Waals surface area contributed by atoms with Crippen LogP contribution in [0.25, 0.3) is 5.69 Å². The van der Waals surface area contributed by atoms with Gasteiger partial charge in [0, 0.05) is 13.1 Å². The molecule has 8 heteroatoms. The van der Waals surface area contributed by atoms with Gasteiger partial charge in [0.15, 0.2) is 0 Å². The number of hydrogen-bond donors (Lipinski definition) is 0. The molecular formula is C17H23N5O2S. The second-order valence-corrected chi connectivity index (χ2v) is 7.09. The Balaban J connectivity index is 1.69. The fourth-order valence-electron chi connectivity index (χ4n) is 2.96. The van der Waals surface area contributed by atoms with Crippen molar-refractivity contribution in [2.45, 2.75) is 31.8 Å². The van der Waals surface area contributed by atoms with Crippen molar-refractivity contribution in [3.8, 4) is 11.4 Å². The summed E-state index contributed by atoms with van der Waals surface area (Å²) in [7, 11) is 0. The Bertz CT molecular complexity index is 721. The van der Waals surface area contributed by atoms with E-state index < -0.39 is 0 Å². The molecule has 0 bridgehead atoms. The minimum atomic E-state index is 0.143. The van der Waals surface area contributed by atoms with Crippen LogP contribution in [0.1, 0.15) is 26.7 Å². The fourth-order valence-corrected chi connectivity index (χ4v) is 3.75. The van der Waals surface area contributed by atoms with Crippen LogP contribution in [0.3, 0.4) is 0 Å². The lowest BCUT2D eigenvalue weighted by molar-refractivity contribution is -0.130. The first-order valence-corrected chi connectivity index (χ1v) is 9.58. The lowest BCUT2D eigenvalue weighted by Crippen LogP contribution is -2.40. The van der Waals surface area contributed by atoms with Gasteiger partial charge in [-0.15, -0.1) is 5.10 Å². The summed E-state index contributed by atoms with van der Waals surface area (Å²) < 4.78 is 7.27. The molecule has 1 fully saturated rings. The molecule has 1 aromatic heterocycles. The predicted molar refractivity (Wildman–Crippen MR) is 96.0 cm³/mol. The Morgan fingerprint density at radius 3 is 3.04 bits per heavy atom. The number of carbonyl (C=O) groups is 1. The second-order valence-electron chi connectivity index (χ2n) is 6.15. The van der Waals surface area contributed by atoms with Crippen molar-refractivity contribution in [1.29, 1.82) is 0 Å².